The largest absolute Gasteiger partial charge is 0.445 e. The van der Waals surface area contributed by atoms with Crippen LogP contribution in [-0.2, 0) is 34.0 Å². The molecule has 0 saturated carbocycles. The van der Waals surface area contributed by atoms with Crippen LogP contribution in [0.1, 0.15) is 56.0 Å². The highest BCUT2D eigenvalue weighted by Gasteiger charge is 2.29. The van der Waals surface area contributed by atoms with Crippen LogP contribution < -0.4 is 16.4 Å². The van der Waals surface area contributed by atoms with E-state index < -0.39 is 23.8 Å². The summed E-state index contributed by atoms with van der Waals surface area (Å²) in [5.74, 6) is -0.283. The lowest BCUT2D eigenvalue weighted by atomic mass is 10.1. The minimum Gasteiger partial charge on any atom is -0.445 e. The summed E-state index contributed by atoms with van der Waals surface area (Å²) >= 11 is 1.56. The van der Waals surface area contributed by atoms with Gasteiger partial charge < -0.3 is 30.7 Å². The molecule has 0 spiro atoms. The van der Waals surface area contributed by atoms with Gasteiger partial charge in [0.05, 0.1) is 6.54 Å². The highest BCUT2D eigenvalue weighted by molar-refractivity contribution is 7.09. The summed E-state index contributed by atoms with van der Waals surface area (Å²) in [6, 6.07) is 20.7. The average molecular weight is 581 g/mol. The Morgan fingerprint density at radius 1 is 0.902 bits per heavy atom. The Morgan fingerprint density at radius 2 is 1.63 bits per heavy atom. The van der Waals surface area contributed by atoms with Crippen molar-refractivity contribution < 1.29 is 23.9 Å². The number of ether oxygens (including phenoxy) is 2. The molecule has 3 rings (SSSR count). The lowest BCUT2D eigenvalue weighted by molar-refractivity contribution is -0.142. The molecule has 1 atom stereocenters. The predicted molar refractivity (Wildman–Crippen MR) is 161 cm³/mol. The minimum absolute atomic E-state index is 0.189. The van der Waals surface area contributed by atoms with Crippen molar-refractivity contribution in [2.75, 3.05) is 12.3 Å². The van der Waals surface area contributed by atoms with E-state index in [1.807, 2.05) is 80.7 Å². The summed E-state index contributed by atoms with van der Waals surface area (Å²) in [6.07, 6.45) is -0.713. The number of benzene rings is 2. The van der Waals surface area contributed by atoms with Gasteiger partial charge in [-0.1, -0.05) is 48.5 Å². The molecule has 2 aromatic carbocycles. The second-order valence-corrected chi connectivity index (χ2v) is 11.8. The first-order valence-corrected chi connectivity index (χ1v) is 14.6. The number of carbonyl (C=O) groups excluding carboxylic acids is 3. The number of thiophene rings is 1. The fraction of sp³-hybridized carbons (Fsp3) is 0.387. The number of nitrogens with one attached hydrogen (secondary N) is 2. The molecule has 0 aliphatic rings. The minimum atomic E-state index is -0.990. The van der Waals surface area contributed by atoms with E-state index in [2.05, 4.69) is 10.6 Å². The number of hydrogen-bond acceptors (Lipinski definition) is 7. The first-order valence-electron chi connectivity index (χ1n) is 13.7. The van der Waals surface area contributed by atoms with Crippen molar-refractivity contribution in [3.05, 3.63) is 88.1 Å². The molecule has 0 fully saturated rings. The Balaban J connectivity index is 1.61. The molecular weight excluding hydrogens is 540 g/mol. The lowest BCUT2D eigenvalue weighted by Gasteiger charge is -2.28. The van der Waals surface area contributed by atoms with Gasteiger partial charge in [-0.3, -0.25) is 4.79 Å². The number of rotatable bonds is 13. The summed E-state index contributed by atoms with van der Waals surface area (Å²) in [5, 5.41) is 7.47. The Kier molecular flexibility index (Phi) is 12.0. The third-order valence-corrected chi connectivity index (χ3v) is 6.83. The number of unbranched alkanes of at least 4 members (excludes halogenated alkanes) is 1. The van der Waals surface area contributed by atoms with Gasteiger partial charge in [0.15, 0.2) is 6.10 Å². The Bertz CT molecular complexity index is 1230. The van der Waals surface area contributed by atoms with Crippen molar-refractivity contribution in [1.82, 2.24) is 15.5 Å². The Hall–Kier alpha value is -4.05. The van der Waals surface area contributed by atoms with Gasteiger partial charge in [-0.05, 0) is 74.7 Å². The quantitative estimate of drug-likeness (QED) is 0.172. The fourth-order valence-corrected chi connectivity index (χ4v) is 4.69. The lowest BCUT2D eigenvalue weighted by Crippen LogP contribution is -2.46. The van der Waals surface area contributed by atoms with Gasteiger partial charge >= 0.3 is 12.2 Å². The number of anilines is 1. The maximum absolute atomic E-state index is 13.8. The molecule has 3 amide bonds. The van der Waals surface area contributed by atoms with E-state index in [1.54, 1.807) is 28.4 Å². The standard InChI is InChI=1S/C31H40N4O5S/c1-31(2,3)34-30(38)40-27(13-7-8-18-33-29(37)39-22-24-10-5-4-6-11-24)28(36)35(21-26-12-9-19-41-26)20-23-14-16-25(32)17-15-23/h4-6,9-12,14-17,19,27H,7-8,13,18,20-22,32H2,1-3H3,(H,33,37)(H,34,38)/t27-/m0/s1. The van der Waals surface area contributed by atoms with Crippen LogP contribution in [0.25, 0.3) is 0 Å². The topological polar surface area (TPSA) is 123 Å². The van der Waals surface area contributed by atoms with E-state index in [4.69, 9.17) is 15.2 Å². The molecule has 4 N–H and O–H groups in total. The molecule has 0 unspecified atom stereocenters. The molecule has 0 aliphatic carbocycles. The van der Waals surface area contributed by atoms with Gasteiger partial charge in [0.25, 0.3) is 5.91 Å². The number of hydrogen-bond donors (Lipinski definition) is 3. The molecule has 1 aromatic heterocycles. The van der Waals surface area contributed by atoms with Crippen LogP contribution in [0.4, 0.5) is 15.3 Å². The number of alkyl carbamates (subject to hydrolysis) is 2. The molecule has 10 heteroatoms. The highest BCUT2D eigenvalue weighted by atomic mass is 32.1. The molecule has 0 aliphatic heterocycles. The van der Waals surface area contributed by atoms with Crippen molar-refractivity contribution >= 4 is 35.1 Å². The number of nitrogen functional groups attached to an aromatic ring is 1. The molecule has 0 bridgehead atoms. The molecule has 0 saturated heterocycles. The number of amides is 3. The monoisotopic (exact) mass is 580 g/mol. The fourth-order valence-electron chi connectivity index (χ4n) is 3.97. The number of nitrogens with two attached hydrogens (primary N) is 1. The van der Waals surface area contributed by atoms with Gasteiger partial charge in [0.1, 0.15) is 6.61 Å². The zero-order valence-corrected chi connectivity index (χ0v) is 24.7. The van der Waals surface area contributed by atoms with Crippen molar-refractivity contribution in [3.63, 3.8) is 0 Å². The third-order valence-electron chi connectivity index (χ3n) is 5.97. The van der Waals surface area contributed by atoms with Crippen LogP contribution in [0.15, 0.2) is 72.1 Å². The summed E-state index contributed by atoms with van der Waals surface area (Å²) < 4.78 is 10.9. The van der Waals surface area contributed by atoms with Crippen molar-refractivity contribution in [3.8, 4) is 0 Å². The van der Waals surface area contributed by atoms with Gasteiger partial charge in [-0.2, -0.15) is 0 Å². The zero-order valence-electron chi connectivity index (χ0n) is 23.9. The van der Waals surface area contributed by atoms with Gasteiger partial charge in [0.2, 0.25) is 0 Å². The summed E-state index contributed by atoms with van der Waals surface area (Å²) in [7, 11) is 0. The SMILES string of the molecule is CC(C)(C)NC(=O)O[C@@H](CCCCNC(=O)OCc1ccccc1)C(=O)N(Cc1ccc(N)cc1)Cc1cccs1. The van der Waals surface area contributed by atoms with Crippen LogP contribution in [0, 0.1) is 0 Å². The van der Waals surface area contributed by atoms with Crippen molar-refractivity contribution in [1.29, 1.82) is 0 Å². The zero-order chi connectivity index (χ0) is 29.7. The molecule has 220 valence electrons. The van der Waals surface area contributed by atoms with Gasteiger partial charge in [0, 0.05) is 29.2 Å². The molecule has 9 nitrogen and oxygen atoms in total. The summed E-state index contributed by atoms with van der Waals surface area (Å²) in [5.41, 5.74) is 7.79. The van der Waals surface area contributed by atoms with E-state index >= 15 is 0 Å². The maximum atomic E-state index is 13.8. The van der Waals surface area contributed by atoms with Crippen LogP contribution in [-0.4, -0.2) is 41.2 Å². The van der Waals surface area contributed by atoms with E-state index in [-0.39, 0.29) is 12.5 Å². The normalized spacial score (nSPS) is 11.8. The average Bonchev–Trinajstić information content (AvgIpc) is 3.44. The van der Waals surface area contributed by atoms with Gasteiger partial charge in [-0.15, -0.1) is 11.3 Å². The van der Waals surface area contributed by atoms with Crippen LogP contribution in [0.5, 0.6) is 0 Å². The molecule has 1 heterocycles. The Labute approximate surface area is 246 Å². The van der Waals surface area contributed by atoms with E-state index in [0.717, 1.165) is 16.0 Å². The first kappa shape index (κ1) is 31.5. The van der Waals surface area contributed by atoms with Crippen molar-refractivity contribution in [2.45, 2.75) is 71.4 Å². The van der Waals surface area contributed by atoms with E-state index in [0.29, 0.717) is 44.6 Å². The number of nitrogens with zero attached hydrogens (tertiary/aromatic N) is 1. The van der Waals surface area contributed by atoms with E-state index in [9.17, 15) is 14.4 Å². The first-order chi connectivity index (χ1) is 19.6. The maximum Gasteiger partial charge on any atom is 0.408 e. The smallest absolute Gasteiger partial charge is 0.408 e. The predicted octanol–water partition coefficient (Wildman–Crippen LogP) is 5.85. The van der Waals surface area contributed by atoms with Crippen LogP contribution in [0.2, 0.25) is 0 Å². The summed E-state index contributed by atoms with van der Waals surface area (Å²) in [6.45, 7) is 6.82. The molecule has 3 aromatic rings. The summed E-state index contributed by atoms with van der Waals surface area (Å²) in [4.78, 5) is 41.3. The van der Waals surface area contributed by atoms with Crippen LogP contribution in [0.3, 0.4) is 0 Å². The molecular formula is C31H40N4O5S. The van der Waals surface area contributed by atoms with Crippen molar-refractivity contribution in [2.24, 2.45) is 0 Å². The van der Waals surface area contributed by atoms with E-state index in [1.165, 1.54) is 0 Å². The van der Waals surface area contributed by atoms with Crippen LogP contribution >= 0.6 is 11.3 Å². The highest BCUT2D eigenvalue weighted by Crippen LogP contribution is 2.19. The Morgan fingerprint density at radius 3 is 2.29 bits per heavy atom. The molecule has 0 radical (unpaired) electrons. The second-order valence-electron chi connectivity index (χ2n) is 10.8. The number of carbonyl (C=O) groups is 3. The molecule has 41 heavy (non-hydrogen) atoms. The second kappa shape index (κ2) is 15.7. The van der Waals surface area contributed by atoms with Gasteiger partial charge in [-0.25, -0.2) is 9.59 Å². The third kappa shape index (κ3) is 11.9.